The average Bonchev–Trinajstić information content (AvgIpc) is 2.84. The van der Waals surface area contributed by atoms with E-state index in [2.05, 4.69) is 22.5 Å². The van der Waals surface area contributed by atoms with Crippen molar-refractivity contribution >= 4 is 0 Å². The van der Waals surface area contributed by atoms with Crippen LogP contribution in [0.5, 0.6) is 0 Å². The Morgan fingerprint density at radius 2 is 2.06 bits per heavy atom. The van der Waals surface area contributed by atoms with Crippen LogP contribution in [0.3, 0.4) is 0 Å². The van der Waals surface area contributed by atoms with Crippen molar-refractivity contribution in [2.75, 3.05) is 13.7 Å². The van der Waals surface area contributed by atoms with Gasteiger partial charge < -0.3 is 10.1 Å². The summed E-state index contributed by atoms with van der Waals surface area (Å²) in [6, 6.07) is 10.2. The van der Waals surface area contributed by atoms with Crippen LogP contribution in [-0.4, -0.2) is 23.4 Å². The highest BCUT2D eigenvalue weighted by Gasteiger charge is 1.97. The van der Waals surface area contributed by atoms with Crippen LogP contribution in [0.4, 0.5) is 0 Å². The minimum absolute atomic E-state index is 0.658. The van der Waals surface area contributed by atoms with E-state index in [1.807, 2.05) is 42.3 Å². The Morgan fingerprint density at radius 3 is 2.83 bits per heavy atom. The van der Waals surface area contributed by atoms with Crippen LogP contribution in [0, 0.1) is 0 Å². The fraction of sp³-hybridized carbons (Fsp3) is 0.357. The van der Waals surface area contributed by atoms with Gasteiger partial charge in [0, 0.05) is 18.3 Å². The summed E-state index contributed by atoms with van der Waals surface area (Å²) in [4.78, 5) is 0. The van der Waals surface area contributed by atoms with E-state index in [-0.39, 0.29) is 0 Å². The van der Waals surface area contributed by atoms with Gasteiger partial charge in [0.25, 0.3) is 0 Å². The van der Waals surface area contributed by atoms with Gasteiger partial charge in [-0.25, -0.2) is 0 Å². The second-order valence-corrected chi connectivity index (χ2v) is 4.18. The molecule has 2 aromatic rings. The minimum Gasteiger partial charge on any atom is -0.375 e. The van der Waals surface area contributed by atoms with Crippen molar-refractivity contribution in [3.05, 3.63) is 53.9 Å². The van der Waals surface area contributed by atoms with E-state index < -0.39 is 0 Å². The third kappa shape index (κ3) is 3.98. The van der Waals surface area contributed by atoms with Gasteiger partial charge in [-0.3, -0.25) is 4.68 Å². The second kappa shape index (κ2) is 6.93. The molecule has 1 aromatic carbocycles. The lowest BCUT2D eigenvalue weighted by Gasteiger charge is -2.04. The summed E-state index contributed by atoms with van der Waals surface area (Å²) < 4.78 is 7.53. The van der Waals surface area contributed by atoms with Gasteiger partial charge in [0.2, 0.25) is 0 Å². The molecule has 0 saturated heterocycles. The Bertz CT molecular complexity index is 453. The molecule has 0 spiro atoms. The first kappa shape index (κ1) is 12.8. The number of rotatable bonds is 7. The van der Waals surface area contributed by atoms with Gasteiger partial charge in [-0.05, 0) is 12.6 Å². The maximum absolute atomic E-state index is 5.62. The van der Waals surface area contributed by atoms with Crippen LogP contribution in [0.15, 0.2) is 42.7 Å². The van der Waals surface area contributed by atoms with Crippen LogP contribution >= 0.6 is 0 Å². The molecule has 0 aliphatic heterocycles. The predicted octanol–water partition coefficient (Wildman–Crippen LogP) is 1.82. The van der Waals surface area contributed by atoms with Gasteiger partial charge in [-0.15, -0.1) is 0 Å². The average molecular weight is 245 g/mol. The maximum atomic E-state index is 5.62. The largest absolute Gasteiger partial charge is 0.375 e. The fourth-order valence-corrected chi connectivity index (χ4v) is 1.75. The number of benzene rings is 1. The molecule has 0 unspecified atom stereocenters. The number of nitrogens with one attached hydrogen (secondary N) is 1. The van der Waals surface area contributed by atoms with E-state index in [4.69, 9.17) is 4.74 Å². The van der Waals surface area contributed by atoms with E-state index in [0.29, 0.717) is 13.2 Å². The summed E-state index contributed by atoms with van der Waals surface area (Å²) in [5.74, 6) is 0. The maximum Gasteiger partial charge on any atom is 0.0717 e. The van der Waals surface area contributed by atoms with Gasteiger partial charge >= 0.3 is 0 Å². The van der Waals surface area contributed by atoms with E-state index in [1.54, 1.807) is 0 Å². The van der Waals surface area contributed by atoms with Gasteiger partial charge in [0.05, 0.1) is 26.0 Å². The topological polar surface area (TPSA) is 39.1 Å². The summed E-state index contributed by atoms with van der Waals surface area (Å²) in [6.07, 6.45) is 3.93. The smallest absolute Gasteiger partial charge is 0.0717 e. The molecule has 0 radical (unpaired) electrons. The van der Waals surface area contributed by atoms with Crippen molar-refractivity contribution in [1.82, 2.24) is 15.1 Å². The lowest BCUT2D eigenvalue weighted by molar-refractivity contribution is 0.111. The number of hydrogen-bond donors (Lipinski definition) is 1. The normalized spacial score (nSPS) is 10.7. The zero-order valence-corrected chi connectivity index (χ0v) is 10.7. The predicted molar refractivity (Wildman–Crippen MR) is 71.1 cm³/mol. The van der Waals surface area contributed by atoms with Crippen LogP contribution < -0.4 is 5.32 Å². The van der Waals surface area contributed by atoms with Crippen LogP contribution in [0.25, 0.3) is 0 Å². The highest BCUT2D eigenvalue weighted by atomic mass is 16.5. The van der Waals surface area contributed by atoms with Crippen LogP contribution in [-0.2, 0) is 24.4 Å². The molecule has 0 saturated carbocycles. The number of hydrogen-bond acceptors (Lipinski definition) is 3. The third-order valence-corrected chi connectivity index (χ3v) is 2.64. The van der Waals surface area contributed by atoms with E-state index >= 15 is 0 Å². The molecule has 1 heterocycles. The highest BCUT2D eigenvalue weighted by Crippen LogP contribution is 2.01. The number of ether oxygens (including phenoxy) is 1. The van der Waals surface area contributed by atoms with Crippen molar-refractivity contribution in [2.24, 2.45) is 0 Å². The molecule has 0 bridgehead atoms. The van der Waals surface area contributed by atoms with Crippen molar-refractivity contribution in [3.8, 4) is 0 Å². The molecule has 18 heavy (non-hydrogen) atoms. The summed E-state index contributed by atoms with van der Waals surface area (Å²) in [5, 5.41) is 7.38. The SMILES string of the molecule is CNCc1cnn(CCOCc2ccccc2)c1. The first-order chi connectivity index (χ1) is 8.88. The molecule has 2 rings (SSSR count). The molecule has 0 aliphatic rings. The summed E-state index contributed by atoms with van der Waals surface area (Å²) in [7, 11) is 1.93. The zero-order chi connectivity index (χ0) is 12.6. The molecule has 0 fully saturated rings. The Hall–Kier alpha value is -1.65. The van der Waals surface area contributed by atoms with E-state index in [9.17, 15) is 0 Å². The summed E-state index contributed by atoms with van der Waals surface area (Å²) in [5.41, 5.74) is 2.40. The first-order valence-corrected chi connectivity index (χ1v) is 6.16. The summed E-state index contributed by atoms with van der Waals surface area (Å²) in [6.45, 7) is 2.97. The zero-order valence-electron chi connectivity index (χ0n) is 10.7. The standard InChI is InChI=1S/C14H19N3O/c1-15-9-14-10-16-17(11-14)7-8-18-12-13-5-3-2-4-6-13/h2-6,10-11,15H,7-9,12H2,1H3. The Labute approximate surface area is 108 Å². The quantitative estimate of drug-likeness (QED) is 0.756. The molecule has 0 aliphatic carbocycles. The van der Waals surface area contributed by atoms with Gasteiger partial charge in [-0.1, -0.05) is 30.3 Å². The molecule has 0 atom stereocenters. The second-order valence-electron chi connectivity index (χ2n) is 4.18. The lowest BCUT2D eigenvalue weighted by atomic mass is 10.2. The Morgan fingerprint density at radius 1 is 1.22 bits per heavy atom. The summed E-state index contributed by atoms with van der Waals surface area (Å²) >= 11 is 0. The lowest BCUT2D eigenvalue weighted by Crippen LogP contribution is -2.07. The molecule has 0 amide bonds. The first-order valence-electron chi connectivity index (χ1n) is 6.16. The van der Waals surface area contributed by atoms with Crippen LogP contribution in [0.2, 0.25) is 0 Å². The highest BCUT2D eigenvalue weighted by molar-refractivity contribution is 5.13. The fourth-order valence-electron chi connectivity index (χ4n) is 1.75. The molecule has 1 N–H and O–H groups in total. The van der Waals surface area contributed by atoms with Gasteiger partial charge in [0.1, 0.15) is 0 Å². The van der Waals surface area contributed by atoms with Gasteiger partial charge in [0.15, 0.2) is 0 Å². The molecular weight excluding hydrogens is 226 g/mol. The third-order valence-electron chi connectivity index (χ3n) is 2.64. The Balaban J connectivity index is 1.68. The van der Waals surface area contributed by atoms with E-state index in [0.717, 1.165) is 13.1 Å². The number of nitrogens with zero attached hydrogens (tertiary/aromatic N) is 2. The molecular formula is C14H19N3O. The van der Waals surface area contributed by atoms with Gasteiger partial charge in [-0.2, -0.15) is 5.10 Å². The Kier molecular flexibility index (Phi) is 4.93. The number of aromatic nitrogens is 2. The monoisotopic (exact) mass is 245 g/mol. The van der Waals surface area contributed by atoms with Crippen LogP contribution in [0.1, 0.15) is 11.1 Å². The van der Waals surface area contributed by atoms with Crippen molar-refractivity contribution < 1.29 is 4.74 Å². The molecule has 4 heteroatoms. The molecule has 1 aromatic heterocycles. The molecule has 96 valence electrons. The minimum atomic E-state index is 0.658. The van der Waals surface area contributed by atoms with Crippen molar-refractivity contribution in [3.63, 3.8) is 0 Å². The van der Waals surface area contributed by atoms with Crippen molar-refractivity contribution in [2.45, 2.75) is 19.7 Å². The molecule has 4 nitrogen and oxygen atoms in total. The van der Waals surface area contributed by atoms with Crippen molar-refractivity contribution in [1.29, 1.82) is 0 Å². The van der Waals surface area contributed by atoms with E-state index in [1.165, 1.54) is 11.1 Å².